The molecule has 0 radical (unpaired) electrons. The van der Waals surface area contributed by atoms with Crippen molar-refractivity contribution < 1.29 is 22.5 Å². The molecule has 2 heterocycles. The van der Waals surface area contributed by atoms with Crippen LogP contribution in [0.2, 0.25) is 0 Å². The average molecular weight is 348 g/mol. The van der Waals surface area contributed by atoms with E-state index in [1.54, 1.807) is 13.8 Å². The van der Waals surface area contributed by atoms with Crippen molar-refractivity contribution in [3.8, 4) is 0 Å². The molecular weight excluding hydrogens is 333 g/mol. The largest absolute Gasteiger partial charge is 0.434 e. The third kappa shape index (κ3) is 4.75. The number of aryl methyl sites for hydroxylation is 2. The van der Waals surface area contributed by atoms with Crippen LogP contribution in [0.5, 0.6) is 0 Å². The third-order valence-corrected chi connectivity index (χ3v) is 3.95. The number of amides is 1. The van der Waals surface area contributed by atoms with Crippen LogP contribution in [-0.2, 0) is 17.4 Å². The van der Waals surface area contributed by atoms with Gasteiger partial charge in [-0.1, -0.05) is 12.1 Å². The summed E-state index contributed by atoms with van der Waals surface area (Å²) in [7, 11) is 0. The molecule has 1 atom stereocenters. The zero-order valence-corrected chi connectivity index (χ0v) is 13.3. The Kier molecular flexibility index (Phi) is 5.34. The molecule has 0 unspecified atom stereocenters. The minimum Gasteiger partial charge on any atom is -0.347 e. The normalized spacial score (nSPS) is 13.1. The lowest BCUT2D eigenvalue weighted by Gasteiger charge is -2.14. The lowest BCUT2D eigenvalue weighted by molar-refractivity contribution is -0.140. The van der Waals surface area contributed by atoms with Crippen LogP contribution in [0.4, 0.5) is 13.2 Å². The Labute approximate surface area is 134 Å². The monoisotopic (exact) mass is 348 g/mol. The fourth-order valence-electron chi connectivity index (χ4n) is 1.84. The molecule has 23 heavy (non-hydrogen) atoms. The number of carbonyl (C=O) groups excluding carboxylic acids is 1. The molecular formula is C13H15F3N4O2S. The minimum atomic E-state index is -4.48. The topological polar surface area (TPSA) is 80.9 Å². The van der Waals surface area contributed by atoms with Crippen molar-refractivity contribution in [1.82, 2.24) is 20.4 Å². The van der Waals surface area contributed by atoms with Crippen LogP contribution in [0.1, 0.15) is 48.2 Å². The van der Waals surface area contributed by atoms with Gasteiger partial charge in [0, 0.05) is 18.2 Å². The standard InChI is InChI=1S/C13H15F3N4O2S/c1-3-8(12-19-9(6-23-12)13(14,15)16)18-10(21)4-5-11-17-7(2)20-22-11/h6,8H,3-5H2,1-2H3,(H,18,21)/t8-/m0/s1. The van der Waals surface area contributed by atoms with Crippen molar-refractivity contribution in [2.45, 2.75) is 45.3 Å². The summed E-state index contributed by atoms with van der Waals surface area (Å²) in [6.07, 6.45) is -3.66. The van der Waals surface area contributed by atoms with Gasteiger partial charge in [-0.3, -0.25) is 4.79 Å². The predicted molar refractivity (Wildman–Crippen MR) is 75.6 cm³/mol. The second-order valence-electron chi connectivity index (χ2n) is 4.83. The smallest absolute Gasteiger partial charge is 0.347 e. The van der Waals surface area contributed by atoms with E-state index in [9.17, 15) is 18.0 Å². The number of carbonyl (C=O) groups is 1. The van der Waals surface area contributed by atoms with Gasteiger partial charge in [0.1, 0.15) is 5.01 Å². The lowest BCUT2D eigenvalue weighted by atomic mass is 10.2. The summed E-state index contributed by atoms with van der Waals surface area (Å²) in [6.45, 7) is 3.43. The number of rotatable bonds is 6. The Morgan fingerprint density at radius 3 is 2.70 bits per heavy atom. The van der Waals surface area contributed by atoms with Gasteiger partial charge in [0.15, 0.2) is 11.5 Å². The number of alkyl halides is 3. The first kappa shape index (κ1) is 17.4. The molecule has 0 spiro atoms. The number of aromatic nitrogens is 3. The molecule has 0 saturated carbocycles. The quantitative estimate of drug-likeness (QED) is 0.868. The predicted octanol–water partition coefficient (Wildman–Crippen LogP) is 3.05. The minimum absolute atomic E-state index is 0.107. The molecule has 0 aromatic carbocycles. The fraction of sp³-hybridized carbons (Fsp3) is 0.538. The van der Waals surface area contributed by atoms with Crippen LogP contribution < -0.4 is 5.32 Å². The molecule has 1 amide bonds. The summed E-state index contributed by atoms with van der Waals surface area (Å²) in [5.74, 6) is 0.519. The van der Waals surface area contributed by atoms with E-state index in [4.69, 9.17) is 4.52 Å². The summed E-state index contributed by atoms with van der Waals surface area (Å²) < 4.78 is 42.6. The van der Waals surface area contributed by atoms with Gasteiger partial charge in [-0.05, 0) is 13.3 Å². The summed E-state index contributed by atoms with van der Waals surface area (Å²) in [6, 6.07) is -0.548. The first-order valence-electron chi connectivity index (χ1n) is 6.90. The van der Waals surface area contributed by atoms with E-state index in [0.717, 1.165) is 16.7 Å². The molecule has 0 saturated heterocycles. The second kappa shape index (κ2) is 7.07. The van der Waals surface area contributed by atoms with Gasteiger partial charge >= 0.3 is 6.18 Å². The van der Waals surface area contributed by atoms with E-state index < -0.39 is 17.9 Å². The summed E-state index contributed by atoms with van der Waals surface area (Å²) in [4.78, 5) is 19.5. The van der Waals surface area contributed by atoms with Gasteiger partial charge in [-0.15, -0.1) is 11.3 Å². The maximum absolute atomic E-state index is 12.6. The van der Waals surface area contributed by atoms with Crippen molar-refractivity contribution >= 4 is 17.2 Å². The van der Waals surface area contributed by atoms with Crippen LogP contribution in [0.3, 0.4) is 0 Å². The highest BCUT2D eigenvalue weighted by Crippen LogP contribution is 2.32. The highest BCUT2D eigenvalue weighted by Gasteiger charge is 2.34. The number of nitrogens with one attached hydrogen (secondary N) is 1. The molecule has 2 aromatic rings. The zero-order valence-electron chi connectivity index (χ0n) is 12.5. The average Bonchev–Trinajstić information content (AvgIpc) is 3.11. The molecule has 0 fully saturated rings. The van der Waals surface area contributed by atoms with Crippen LogP contribution in [0.25, 0.3) is 0 Å². The first-order valence-corrected chi connectivity index (χ1v) is 7.78. The van der Waals surface area contributed by atoms with Crippen molar-refractivity contribution in [3.05, 3.63) is 27.8 Å². The maximum Gasteiger partial charge on any atom is 0.434 e. The van der Waals surface area contributed by atoms with Gasteiger partial charge in [-0.25, -0.2) is 4.98 Å². The van der Waals surface area contributed by atoms with E-state index in [1.807, 2.05) is 0 Å². The first-order chi connectivity index (χ1) is 10.8. The molecule has 0 aliphatic carbocycles. The van der Waals surface area contributed by atoms with Crippen LogP contribution in [0, 0.1) is 6.92 Å². The lowest BCUT2D eigenvalue weighted by Crippen LogP contribution is -2.28. The van der Waals surface area contributed by atoms with Gasteiger partial charge in [0.05, 0.1) is 6.04 Å². The van der Waals surface area contributed by atoms with E-state index >= 15 is 0 Å². The second-order valence-corrected chi connectivity index (χ2v) is 5.72. The van der Waals surface area contributed by atoms with E-state index in [-0.39, 0.29) is 23.8 Å². The fourth-order valence-corrected chi connectivity index (χ4v) is 2.80. The number of nitrogens with zero attached hydrogens (tertiary/aromatic N) is 3. The van der Waals surface area contributed by atoms with E-state index in [1.165, 1.54) is 0 Å². The van der Waals surface area contributed by atoms with Crippen LogP contribution in [0.15, 0.2) is 9.90 Å². The molecule has 0 bridgehead atoms. The molecule has 126 valence electrons. The Morgan fingerprint density at radius 2 is 2.17 bits per heavy atom. The van der Waals surface area contributed by atoms with E-state index in [0.29, 0.717) is 18.1 Å². The Morgan fingerprint density at radius 1 is 1.43 bits per heavy atom. The highest BCUT2D eigenvalue weighted by molar-refractivity contribution is 7.09. The van der Waals surface area contributed by atoms with Crippen molar-refractivity contribution in [1.29, 1.82) is 0 Å². The van der Waals surface area contributed by atoms with Crippen LogP contribution in [-0.4, -0.2) is 21.0 Å². The molecule has 6 nitrogen and oxygen atoms in total. The highest BCUT2D eigenvalue weighted by atomic mass is 32.1. The molecule has 10 heteroatoms. The van der Waals surface area contributed by atoms with Crippen LogP contribution >= 0.6 is 11.3 Å². The molecule has 0 aliphatic rings. The van der Waals surface area contributed by atoms with E-state index in [2.05, 4.69) is 20.4 Å². The van der Waals surface area contributed by atoms with Gasteiger partial charge in [0.2, 0.25) is 11.8 Å². The third-order valence-electron chi connectivity index (χ3n) is 2.99. The summed E-state index contributed by atoms with van der Waals surface area (Å²) in [5.41, 5.74) is -0.938. The Balaban J connectivity index is 1.93. The number of halogens is 3. The molecule has 2 rings (SSSR count). The summed E-state index contributed by atoms with van der Waals surface area (Å²) >= 11 is 0.882. The molecule has 2 aromatic heterocycles. The van der Waals surface area contributed by atoms with Gasteiger partial charge in [-0.2, -0.15) is 18.2 Å². The summed E-state index contributed by atoms with van der Waals surface area (Å²) in [5, 5.41) is 7.48. The molecule has 1 N–H and O–H groups in total. The van der Waals surface area contributed by atoms with Crippen molar-refractivity contribution in [2.24, 2.45) is 0 Å². The molecule has 0 aliphatic heterocycles. The van der Waals surface area contributed by atoms with Crippen molar-refractivity contribution in [3.63, 3.8) is 0 Å². The maximum atomic E-state index is 12.6. The number of hydrogen-bond donors (Lipinski definition) is 1. The Hall–Kier alpha value is -1.97. The SMILES string of the molecule is CC[C@H](NC(=O)CCc1nc(C)no1)c1nc(C(F)(F)F)cs1. The number of thiazole rings is 1. The Bertz CT molecular complexity index is 668. The zero-order chi connectivity index (χ0) is 17.0. The number of hydrogen-bond acceptors (Lipinski definition) is 6. The van der Waals surface area contributed by atoms with Gasteiger partial charge in [0.25, 0.3) is 0 Å². The van der Waals surface area contributed by atoms with Crippen molar-refractivity contribution in [2.75, 3.05) is 0 Å². The van der Waals surface area contributed by atoms with Gasteiger partial charge < -0.3 is 9.84 Å².